The molecule has 1 nitrogen and oxygen atoms in total. The molecule has 1 aromatic rings. The highest BCUT2D eigenvalue weighted by atomic mass is 14.9. The highest BCUT2D eigenvalue weighted by molar-refractivity contribution is 5.25. The van der Waals surface area contributed by atoms with Crippen LogP contribution in [0.15, 0.2) is 24.3 Å². The summed E-state index contributed by atoms with van der Waals surface area (Å²) in [5, 5.41) is 3.57. The molecule has 0 aliphatic carbocycles. The summed E-state index contributed by atoms with van der Waals surface area (Å²) in [7, 11) is 0. The van der Waals surface area contributed by atoms with Crippen LogP contribution in [0, 0.1) is 11.8 Å². The standard InChI is InChI=1S/C18H31N/c1-6-7-17-8-10-18(11-9-17)16(5)15(4)13-19-12-14(2)3/h8-11,14-16,19H,6-7,12-13H2,1-5H3. The molecule has 1 heteroatoms. The third kappa shape index (κ3) is 5.78. The van der Waals surface area contributed by atoms with E-state index in [-0.39, 0.29) is 0 Å². The molecule has 0 amide bonds. The van der Waals surface area contributed by atoms with Gasteiger partial charge in [0, 0.05) is 0 Å². The molecule has 1 aromatic carbocycles. The molecule has 108 valence electrons. The Morgan fingerprint density at radius 3 is 2.11 bits per heavy atom. The fourth-order valence-electron chi connectivity index (χ4n) is 2.38. The second kappa shape index (κ2) is 8.37. The van der Waals surface area contributed by atoms with Gasteiger partial charge >= 0.3 is 0 Å². The van der Waals surface area contributed by atoms with Crippen LogP contribution in [0.1, 0.15) is 58.1 Å². The van der Waals surface area contributed by atoms with Crippen molar-refractivity contribution in [1.29, 1.82) is 0 Å². The Bertz CT molecular complexity index is 339. The highest BCUT2D eigenvalue weighted by Gasteiger charge is 2.14. The van der Waals surface area contributed by atoms with Gasteiger partial charge in [0.1, 0.15) is 0 Å². The zero-order valence-corrected chi connectivity index (χ0v) is 13.4. The van der Waals surface area contributed by atoms with Gasteiger partial charge in [-0.05, 0) is 48.4 Å². The Morgan fingerprint density at radius 2 is 1.58 bits per heavy atom. The number of hydrogen-bond donors (Lipinski definition) is 1. The maximum atomic E-state index is 3.57. The van der Waals surface area contributed by atoms with Crippen molar-refractivity contribution in [2.45, 2.75) is 53.4 Å². The van der Waals surface area contributed by atoms with Crippen molar-refractivity contribution in [2.75, 3.05) is 13.1 Å². The van der Waals surface area contributed by atoms with Crippen molar-refractivity contribution in [1.82, 2.24) is 5.32 Å². The van der Waals surface area contributed by atoms with Gasteiger partial charge in [-0.1, -0.05) is 65.3 Å². The van der Waals surface area contributed by atoms with Gasteiger partial charge in [-0.25, -0.2) is 0 Å². The van der Waals surface area contributed by atoms with E-state index in [9.17, 15) is 0 Å². The third-order valence-electron chi connectivity index (χ3n) is 3.92. The predicted molar refractivity (Wildman–Crippen MR) is 85.7 cm³/mol. The molecule has 2 atom stereocenters. The van der Waals surface area contributed by atoms with E-state index in [0.29, 0.717) is 11.8 Å². The molecule has 0 spiro atoms. The second-order valence-corrected chi connectivity index (χ2v) is 6.31. The molecular weight excluding hydrogens is 230 g/mol. The van der Waals surface area contributed by atoms with E-state index < -0.39 is 0 Å². The fraction of sp³-hybridized carbons (Fsp3) is 0.667. The normalized spacial score (nSPS) is 14.6. The molecule has 0 saturated heterocycles. The summed E-state index contributed by atoms with van der Waals surface area (Å²) >= 11 is 0. The zero-order valence-electron chi connectivity index (χ0n) is 13.4. The zero-order chi connectivity index (χ0) is 14.3. The molecule has 2 unspecified atom stereocenters. The first kappa shape index (κ1) is 16.2. The molecule has 1 rings (SSSR count). The monoisotopic (exact) mass is 261 g/mol. The Kier molecular flexibility index (Phi) is 7.15. The summed E-state index contributed by atoms with van der Waals surface area (Å²) in [4.78, 5) is 0. The molecule has 19 heavy (non-hydrogen) atoms. The quantitative estimate of drug-likeness (QED) is 0.719. The van der Waals surface area contributed by atoms with E-state index in [1.54, 1.807) is 0 Å². The van der Waals surface area contributed by atoms with Gasteiger partial charge < -0.3 is 5.32 Å². The summed E-state index contributed by atoms with van der Waals surface area (Å²) in [5.41, 5.74) is 2.93. The topological polar surface area (TPSA) is 12.0 Å². The van der Waals surface area contributed by atoms with Crippen molar-refractivity contribution in [3.05, 3.63) is 35.4 Å². The summed E-state index contributed by atoms with van der Waals surface area (Å²) < 4.78 is 0. The van der Waals surface area contributed by atoms with Crippen LogP contribution >= 0.6 is 0 Å². The van der Waals surface area contributed by atoms with Crippen LogP contribution < -0.4 is 5.32 Å². The van der Waals surface area contributed by atoms with E-state index in [4.69, 9.17) is 0 Å². The lowest BCUT2D eigenvalue weighted by Crippen LogP contribution is -2.27. The summed E-state index contributed by atoms with van der Waals surface area (Å²) in [6.07, 6.45) is 2.42. The molecular formula is C18H31N. The predicted octanol–water partition coefficient (Wildman–Crippen LogP) is 4.62. The SMILES string of the molecule is CCCc1ccc(C(C)C(C)CNCC(C)C)cc1. The first-order valence-electron chi connectivity index (χ1n) is 7.84. The Hall–Kier alpha value is -0.820. The smallest absolute Gasteiger partial charge is 0.00173 e. The minimum Gasteiger partial charge on any atom is -0.316 e. The van der Waals surface area contributed by atoms with Gasteiger partial charge in [0.2, 0.25) is 0 Å². The number of hydrogen-bond acceptors (Lipinski definition) is 1. The molecule has 0 aliphatic rings. The number of aryl methyl sites for hydroxylation is 1. The van der Waals surface area contributed by atoms with Crippen LogP contribution in [0.2, 0.25) is 0 Å². The maximum Gasteiger partial charge on any atom is -0.00173 e. The van der Waals surface area contributed by atoms with Crippen molar-refractivity contribution >= 4 is 0 Å². The average molecular weight is 261 g/mol. The molecule has 0 saturated carbocycles. The van der Waals surface area contributed by atoms with Crippen molar-refractivity contribution in [3.63, 3.8) is 0 Å². The largest absolute Gasteiger partial charge is 0.316 e. The van der Waals surface area contributed by atoms with Crippen LogP contribution in [-0.4, -0.2) is 13.1 Å². The Balaban J connectivity index is 2.48. The first-order chi connectivity index (χ1) is 9.04. The van der Waals surface area contributed by atoms with Crippen LogP contribution in [0.25, 0.3) is 0 Å². The molecule has 0 bridgehead atoms. The summed E-state index contributed by atoms with van der Waals surface area (Å²) in [6.45, 7) is 13.7. The van der Waals surface area contributed by atoms with Gasteiger partial charge in [-0.3, -0.25) is 0 Å². The van der Waals surface area contributed by atoms with Gasteiger partial charge in [-0.15, -0.1) is 0 Å². The molecule has 0 aromatic heterocycles. The lowest BCUT2D eigenvalue weighted by molar-refractivity contribution is 0.428. The third-order valence-corrected chi connectivity index (χ3v) is 3.92. The van der Waals surface area contributed by atoms with E-state index in [1.807, 2.05) is 0 Å². The molecule has 0 radical (unpaired) electrons. The molecule has 0 aliphatic heterocycles. The van der Waals surface area contributed by atoms with E-state index in [1.165, 1.54) is 24.0 Å². The minimum absolute atomic E-state index is 0.621. The minimum atomic E-state index is 0.621. The second-order valence-electron chi connectivity index (χ2n) is 6.31. The van der Waals surface area contributed by atoms with Crippen LogP contribution in [0.3, 0.4) is 0 Å². The lowest BCUT2D eigenvalue weighted by Gasteiger charge is -2.21. The van der Waals surface area contributed by atoms with E-state index in [0.717, 1.165) is 19.0 Å². The van der Waals surface area contributed by atoms with Crippen molar-refractivity contribution in [3.8, 4) is 0 Å². The van der Waals surface area contributed by atoms with Crippen LogP contribution in [0.5, 0.6) is 0 Å². The number of rotatable bonds is 8. The van der Waals surface area contributed by atoms with E-state index in [2.05, 4.69) is 64.2 Å². The van der Waals surface area contributed by atoms with Gasteiger partial charge in [0.05, 0.1) is 0 Å². The fourth-order valence-corrected chi connectivity index (χ4v) is 2.38. The van der Waals surface area contributed by atoms with Gasteiger partial charge in [-0.2, -0.15) is 0 Å². The van der Waals surface area contributed by atoms with E-state index >= 15 is 0 Å². The first-order valence-corrected chi connectivity index (χ1v) is 7.84. The number of benzene rings is 1. The summed E-state index contributed by atoms with van der Waals surface area (Å²) in [6, 6.07) is 9.22. The Labute approximate surface area is 119 Å². The number of nitrogens with one attached hydrogen (secondary N) is 1. The van der Waals surface area contributed by atoms with Gasteiger partial charge in [0.15, 0.2) is 0 Å². The average Bonchev–Trinajstić information content (AvgIpc) is 2.38. The molecule has 0 fully saturated rings. The van der Waals surface area contributed by atoms with Crippen LogP contribution in [-0.2, 0) is 6.42 Å². The van der Waals surface area contributed by atoms with Crippen molar-refractivity contribution < 1.29 is 0 Å². The maximum absolute atomic E-state index is 3.57. The van der Waals surface area contributed by atoms with Crippen LogP contribution in [0.4, 0.5) is 0 Å². The Morgan fingerprint density at radius 1 is 0.947 bits per heavy atom. The van der Waals surface area contributed by atoms with Crippen molar-refractivity contribution in [2.24, 2.45) is 11.8 Å². The highest BCUT2D eigenvalue weighted by Crippen LogP contribution is 2.24. The summed E-state index contributed by atoms with van der Waals surface area (Å²) in [5.74, 6) is 2.03. The van der Waals surface area contributed by atoms with Gasteiger partial charge in [0.25, 0.3) is 0 Å². The molecule has 1 N–H and O–H groups in total. The molecule has 0 heterocycles. The lowest BCUT2D eigenvalue weighted by atomic mass is 9.88.